The fraction of sp³-hybridized carbons (Fsp3) is 0.875. The summed E-state index contributed by atoms with van der Waals surface area (Å²) in [5.74, 6) is 0. The van der Waals surface area contributed by atoms with Crippen molar-refractivity contribution in [2.24, 2.45) is 5.11 Å². The zero-order valence-corrected chi connectivity index (χ0v) is 8.38. The Morgan fingerprint density at radius 1 is 1.38 bits per heavy atom. The van der Waals surface area contributed by atoms with E-state index in [0.717, 1.165) is 0 Å². The van der Waals surface area contributed by atoms with Crippen molar-refractivity contribution in [3.63, 3.8) is 0 Å². The number of aldehydes is 1. The van der Waals surface area contributed by atoms with Gasteiger partial charge in [0.15, 0.2) is 0 Å². The first kappa shape index (κ1) is 12.9. The van der Waals surface area contributed by atoms with Crippen LogP contribution in [0.5, 0.6) is 0 Å². The fourth-order valence-electron chi connectivity index (χ4n) is 1.67. The number of hydrogen-bond acceptors (Lipinski definition) is 6. The third kappa shape index (κ3) is 2.49. The molecule has 0 aromatic rings. The number of hydrogen-bond donors (Lipinski definition) is 3. The van der Waals surface area contributed by atoms with E-state index in [-0.39, 0.29) is 6.42 Å². The third-order valence-electron chi connectivity index (χ3n) is 2.50. The molecule has 1 aliphatic rings. The molecule has 1 unspecified atom stereocenters. The summed E-state index contributed by atoms with van der Waals surface area (Å²) in [7, 11) is 0. The topological polar surface area (TPSA) is 136 Å². The van der Waals surface area contributed by atoms with Gasteiger partial charge in [-0.05, 0) is 5.53 Å². The van der Waals surface area contributed by atoms with Crippen molar-refractivity contribution in [3.05, 3.63) is 10.4 Å². The van der Waals surface area contributed by atoms with E-state index in [0.29, 0.717) is 6.29 Å². The van der Waals surface area contributed by atoms with Gasteiger partial charge >= 0.3 is 0 Å². The van der Waals surface area contributed by atoms with E-state index in [4.69, 9.17) is 15.4 Å². The van der Waals surface area contributed by atoms with Crippen LogP contribution in [0.25, 0.3) is 10.4 Å². The largest absolute Gasteiger partial charge is 0.394 e. The van der Waals surface area contributed by atoms with Crippen LogP contribution in [0.1, 0.15) is 6.42 Å². The van der Waals surface area contributed by atoms with Crippen LogP contribution in [0.4, 0.5) is 0 Å². The summed E-state index contributed by atoms with van der Waals surface area (Å²) < 4.78 is 5.17. The number of ether oxygens (including phenoxy) is 1. The van der Waals surface area contributed by atoms with Crippen molar-refractivity contribution >= 4 is 6.29 Å². The molecule has 0 aromatic heterocycles. The van der Waals surface area contributed by atoms with Gasteiger partial charge in [-0.25, -0.2) is 0 Å². The van der Waals surface area contributed by atoms with Crippen molar-refractivity contribution in [2.75, 3.05) is 6.61 Å². The Labute approximate surface area is 91.1 Å². The van der Waals surface area contributed by atoms with Crippen molar-refractivity contribution in [1.29, 1.82) is 0 Å². The molecule has 1 heterocycles. The summed E-state index contributed by atoms with van der Waals surface area (Å²) in [6.07, 6.45) is -4.03. The van der Waals surface area contributed by atoms with E-state index in [1.807, 2.05) is 0 Å². The third-order valence-corrected chi connectivity index (χ3v) is 2.50. The maximum atomic E-state index is 10.4. The summed E-state index contributed by atoms with van der Waals surface area (Å²) >= 11 is 0. The Morgan fingerprint density at radius 2 is 2.06 bits per heavy atom. The van der Waals surface area contributed by atoms with Crippen molar-refractivity contribution in [3.8, 4) is 0 Å². The monoisotopic (exact) mass is 231 g/mol. The lowest BCUT2D eigenvalue weighted by Gasteiger charge is -2.39. The number of azide groups is 1. The second kappa shape index (κ2) is 5.78. The van der Waals surface area contributed by atoms with Gasteiger partial charge in [0.25, 0.3) is 0 Å². The van der Waals surface area contributed by atoms with E-state index in [2.05, 4.69) is 10.0 Å². The van der Waals surface area contributed by atoms with Crippen LogP contribution in [0.2, 0.25) is 0 Å². The fourth-order valence-corrected chi connectivity index (χ4v) is 1.67. The second-order valence-corrected chi connectivity index (χ2v) is 3.47. The van der Waals surface area contributed by atoms with Gasteiger partial charge in [0.2, 0.25) is 0 Å². The summed E-state index contributed by atoms with van der Waals surface area (Å²) in [4.78, 5) is 12.9. The second-order valence-electron chi connectivity index (χ2n) is 3.47. The first-order chi connectivity index (χ1) is 7.65. The van der Waals surface area contributed by atoms with Crippen LogP contribution in [-0.2, 0) is 9.53 Å². The summed E-state index contributed by atoms with van der Waals surface area (Å²) in [5, 5.41) is 31.3. The van der Waals surface area contributed by atoms with Gasteiger partial charge in [0, 0.05) is 11.3 Å². The summed E-state index contributed by atoms with van der Waals surface area (Å²) in [5.41, 5.74) is 8.30. The number of rotatable bonds is 4. The molecule has 0 amide bonds. The quantitative estimate of drug-likeness (QED) is 0.240. The van der Waals surface area contributed by atoms with E-state index < -0.39 is 37.1 Å². The predicted octanol–water partition coefficient (Wildman–Crippen LogP) is -1.26. The zero-order chi connectivity index (χ0) is 12.1. The van der Waals surface area contributed by atoms with Gasteiger partial charge in [0.1, 0.15) is 18.5 Å². The molecule has 8 heteroatoms. The first-order valence-electron chi connectivity index (χ1n) is 4.76. The van der Waals surface area contributed by atoms with Crippen molar-refractivity contribution < 1.29 is 24.9 Å². The average Bonchev–Trinajstić information content (AvgIpc) is 2.28. The molecule has 0 radical (unpaired) electrons. The van der Waals surface area contributed by atoms with Crippen LogP contribution >= 0.6 is 0 Å². The highest BCUT2D eigenvalue weighted by Crippen LogP contribution is 2.25. The average molecular weight is 231 g/mol. The van der Waals surface area contributed by atoms with Gasteiger partial charge in [-0.1, -0.05) is 5.11 Å². The Kier molecular flexibility index (Phi) is 4.66. The molecule has 0 aliphatic carbocycles. The number of aliphatic hydroxyl groups excluding tert-OH is 3. The predicted molar refractivity (Wildman–Crippen MR) is 51.4 cm³/mol. The van der Waals surface area contributed by atoms with E-state index in [1.54, 1.807) is 0 Å². The van der Waals surface area contributed by atoms with Gasteiger partial charge in [-0.2, -0.15) is 0 Å². The molecule has 0 bridgehead atoms. The Morgan fingerprint density at radius 3 is 2.56 bits per heavy atom. The highest BCUT2D eigenvalue weighted by molar-refractivity contribution is 5.50. The van der Waals surface area contributed by atoms with Gasteiger partial charge < -0.3 is 24.9 Å². The lowest BCUT2D eigenvalue weighted by atomic mass is 9.92. The van der Waals surface area contributed by atoms with Crippen LogP contribution in [-0.4, -0.2) is 58.7 Å². The first-order valence-corrected chi connectivity index (χ1v) is 4.76. The van der Waals surface area contributed by atoms with E-state index >= 15 is 0 Å². The highest BCUT2D eigenvalue weighted by Gasteiger charge is 2.43. The number of nitrogens with zero attached hydrogens (tertiary/aromatic N) is 3. The van der Waals surface area contributed by atoms with Gasteiger partial charge in [0.05, 0.1) is 24.9 Å². The molecule has 1 saturated heterocycles. The molecule has 5 atom stereocenters. The number of aliphatic hydroxyl groups is 3. The molecule has 0 aromatic carbocycles. The normalized spacial score (nSPS) is 38.8. The summed E-state index contributed by atoms with van der Waals surface area (Å²) in [6, 6.07) is -1.03. The Balaban J connectivity index is 2.87. The smallest absolute Gasteiger partial charge is 0.122 e. The van der Waals surface area contributed by atoms with Gasteiger partial charge in [-0.15, -0.1) is 0 Å². The van der Waals surface area contributed by atoms with Crippen LogP contribution < -0.4 is 0 Å². The van der Waals surface area contributed by atoms with Crippen molar-refractivity contribution in [1.82, 2.24) is 0 Å². The van der Waals surface area contributed by atoms with Crippen LogP contribution in [0, 0.1) is 0 Å². The minimum atomic E-state index is -1.35. The molecule has 90 valence electrons. The SMILES string of the molecule is [N-]=[N+]=N[C@@H]1C(CC=O)O[C@H](CO)[C@H](O)[C@@H]1O. The van der Waals surface area contributed by atoms with Crippen LogP contribution in [0.3, 0.4) is 0 Å². The molecular weight excluding hydrogens is 218 g/mol. The maximum absolute atomic E-state index is 10.4. The Hall–Kier alpha value is -1.18. The zero-order valence-electron chi connectivity index (χ0n) is 8.38. The standard InChI is InChI=1S/C8H13N3O5/c9-11-10-6-4(1-2-12)16-5(3-13)7(14)8(6)15/h2,4-8,13-15H,1,3H2/t4?,5-,6-,7+,8-/m1/s1. The minimum Gasteiger partial charge on any atom is -0.394 e. The van der Waals surface area contributed by atoms with Crippen molar-refractivity contribution in [2.45, 2.75) is 36.9 Å². The Bertz CT molecular complexity index is 293. The molecule has 1 fully saturated rings. The molecule has 1 rings (SSSR count). The van der Waals surface area contributed by atoms with E-state index in [9.17, 15) is 15.0 Å². The molecule has 16 heavy (non-hydrogen) atoms. The van der Waals surface area contributed by atoms with E-state index in [1.165, 1.54) is 0 Å². The molecule has 3 N–H and O–H groups in total. The molecule has 8 nitrogen and oxygen atoms in total. The molecule has 1 aliphatic heterocycles. The van der Waals surface area contributed by atoms with Gasteiger partial charge in [-0.3, -0.25) is 0 Å². The molecule has 0 saturated carbocycles. The molecular formula is C8H13N3O5. The number of carbonyl (C=O) groups is 1. The van der Waals surface area contributed by atoms with Crippen LogP contribution in [0.15, 0.2) is 5.11 Å². The number of carbonyl (C=O) groups excluding carboxylic acids is 1. The summed E-state index contributed by atoms with van der Waals surface area (Å²) in [6.45, 7) is -0.490. The molecule has 0 spiro atoms. The lowest BCUT2D eigenvalue weighted by molar-refractivity contribution is -0.189. The minimum absolute atomic E-state index is 0.0794. The lowest BCUT2D eigenvalue weighted by Crippen LogP contribution is -2.57. The maximum Gasteiger partial charge on any atom is 0.122 e. The highest BCUT2D eigenvalue weighted by atomic mass is 16.5.